The minimum absolute atomic E-state index is 0.00945. The fourth-order valence-electron chi connectivity index (χ4n) is 9.40. The molecule has 40 heavy (non-hydrogen) atoms. The molecule has 3 fully saturated rings. The van der Waals surface area contributed by atoms with Crippen molar-refractivity contribution in [1.82, 2.24) is 9.78 Å². The van der Waals surface area contributed by atoms with Gasteiger partial charge in [-0.2, -0.15) is 16.9 Å². The van der Waals surface area contributed by atoms with Crippen molar-refractivity contribution < 1.29 is 28.9 Å². The average molecular weight is 569 g/mol. The van der Waals surface area contributed by atoms with Gasteiger partial charge in [-0.1, -0.05) is 19.4 Å². The van der Waals surface area contributed by atoms with Gasteiger partial charge in [-0.05, 0) is 97.4 Å². The lowest BCUT2D eigenvalue weighted by molar-refractivity contribution is -0.214. The SMILES string of the molecule is CSCC1C[C@H]2[C@@H]3CCC4=Cc5c(cnn5-c5ccc(F)cc5)C[C@]4(C)[C@H]3[C@@H](O)C[C@]2(C)[C@@]1(OC(C)=O)C(=O)O. The van der Waals surface area contributed by atoms with Gasteiger partial charge in [0.05, 0.1) is 23.7 Å². The summed E-state index contributed by atoms with van der Waals surface area (Å²) in [4.78, 5) is 25.4. The van der Waals surface area contributed by atoms with Crippen LogP contribution in [-0.2, 0) is 20.7 Å². The Labute approximate surface area is 238 Å². The van der Waals surface area contributed by atoms with E-state index in [0.29, 0.717) is 12.2 Å². The number of aromatic nitrogens is 2. The maximum Gasteiger partial charge on any atom is 0.349 e. The molecule has 6 rings (SSSR count). The number of fused-ring (bicyclic) bond motifs is 6. The number of benzene rings is 1. The largest absolute Gasteiger partial charge is 0.478 e. The highest BCUT2D eigenvalue weighted by Crippen LogP contribution is 2.69. The molecule has 2 aromatic rings. The molecular weight excluding hydrogens is 531 g/mol. The zero-order valence-electron chi connectivity index (χ0n) is 23.4. The summed E-state index contributed by atoms with van der Waals surface area (Å²) in [5, 5.41) is 27.2. The van der Waals surface area contributed by atoms with Crippen LogP contribution in [0.5, 0.6) is 0 Å². The van der Waals surface area contributed by atoms with Crippen molar-refractivity contribution in [2.24, 2.45) is 34.5 Å². The number of carboxylic acids is 1. The van der Waals surface area contributed by atoms with Gasteiger partial charge >= 0.3 is 11.9 Å². The Morgan fingerprint density at radius 2 is 1.98 bits per heavy atom. The van der Waals surface area contributed by atoms with Crippen molar-refractivity contribution in [2.45, 2.75) is 64.6 Å². The minimum atomic E-state index is -1.66. The fourth-order valence-corrected chi connectivity index (χ4v) is 10.2. The predicted octanol–water partition coefficient (Wildman–Crippen LogP) is 5.14. The first-order chi connectivity index (χ1) is 19.0. The van der Waals surface area contributed by atoms with E-state index in [1.807, 2.05) is 24.1 Å². The number of carboxylic acid groups (broad SMARTS) is 1. The van der Waals surface area contributed by atoms with E-state index in [0.717, 1.165) is 36.2 Å². The second kappa shape index (κ2) is 9.44. The molecule has 214 valence electrons. The Hall–Kier alpha value is -2.65. The van der Waals surface area contributed by atoms with E-state index in [-0.39, 0.29) is 41.3 Å². The Morgan fingerprint density at radius 3 is 2.62 bits per heavy atom. The molecule has 4 aliphatic carbocycles. The molecule has 9 heteroatoms. The number of hydrogen-bond donors (Lipinski definition) is 2. The summed E-state index contributed by atoms with van der Waals surface area (Å²) in [6, 6.07) is 6.31. The number of aliphatic carboxylic acids is 1. The number of esters is 1. The normalized spacial score (nSPS) is 38.0. The van der Waals surface area contributed by atoms with Gasteiger partial charge in [-0.3, -0.25) is 4.79 Å². The maximum absolute atomic E-state index is 13.6. The van der Waals surface area contributed by atoms with Crippen molar-refractivity contribution >= 4 is 29.8 Å². The van der Waals surface area contributed by atoms with Crippen molar-refractivity contribution in [3.63, 3.8) is 0 Å². The standard InChI is InChI=1S/C31H37FN2O5S/c1-17(35)39-31(28(37)38)20(16-40-4)11-24-23-10-5-19-12-25-18(15-33-34(25)22-8-6-21(32)7-9-22)13-29(19,2)27(23)26(36)14-30(24,31)3/h6-9,12,15,20,23-24,26-27,36H,5,10-11,13-14,16H2,1-4H3,(H,37,38)/t20?,23-,24-,26-,27+,29-,30-,31-/m0/s1. The Kier molecular flexibility index (Phi) is 6.50. The van der Waals surface area contributed by atoms with Gasteiger partial charge in [0.1, 0.15) is 5.82 Å². The number of nitrogens with zero attached hydrogens (tertiary/aromatic N) is 2. The molecule has 0 amide bonds. The highest BCUT2D eigenvalue weighted by molar-refractivity contribution is 7.98. The van der Waals surface area contributed by atoms with Crippen molar-refractivity contribution in [3.05, 3.63) is 53.1 Å². The summed E-state index contributed by atoms with van der Waals surface area (Å²) in [5.74, 6) is -1.68. The Morgan fingerprint density at radius 1 is 1.25 bits per heavy atom. The molecule has 7 nitrogen and oxygen atoms in total. The van der Waals surface area contributed by atoms with E-state index in [9.17, 15) is 24.2 Å². The van der Waals surface area contributed by atoms with Crippen LogP contribution in [0, 0.1) is 40.3 Å². The molecule has 8 atom stereocenters. The first kappa shape index (κ1) is 27.5. The number of aliphatic hydroxyl groups is 1. The lowest BCUT2D eigenvalue weighted by Crippen LogP contribution is -2.64. The van der Waals surface area contributed by atoms with Crippen LogP contribution in [0.2, 0.25) is 0 Å². The zero-order valence-corrected chi connectivity index (χ0v) is 24.2. The van der Waals surface area contributed by atoms with Crippen molar-refractivity contribution in [3.8, 4) is 5.69 Å². The highest BCUT2D eigenvalue weighted by Gasteiger charge is 2.74. The summed E-state index contributed by atoms with van der Waals surface area (Å²) in [6.07, 6.45) is 8.62. The number of carbonyl (C=O) groups is 2. The molecule has 0 spiro atoms. The van der Waals surface area contributed by atoms with E-state index in [1.165, 1.54) is 24.6 Å². The third kappa shape index (κ3) is 3.69. The van der Waals surface area contributed by atoms with Gasteiger partial charge in [0.15, 0.2) is 0 Å². The number of halogens is 1. The summed E-state index contributed by atoms with van der Waals surface area (Å²) in [6.45, 7) is 5.46. The Balaban J connectivity index is 1.39. The van der Waals surface area contributed by atoms with E-state index in [4.69, 9.17) is 4.74 Å². The third-order valence-electron chi connectivity index (χ3n) is 10.8. The molecule has 2 N–H and O–H groups in total. The van der Waals surface area contributed by atoms with Gasteiger partial charge in [-0.15, -0.1) is 0 Å². The molecule has 1 aromatic carbocycles. The zero-order chi connectivity index (χ0) is 28.6. The molecule has 1 unspecified atom stereocenters. The van der Waals surface area contributed by atoms with E-state index in [1.54, 1.807) is 23.9 Å². The molecule has 1 aromatic heterocycles. The monoisotopic (exact) mass is 568 g/mol. The molecule has 0 saturated heterocycles. The first-order valence-electron chi connectivity index (χ1n) is 14.1. The molecule has 1 heterocycles. The van der Waals surface area contributed by atoms with E-state index < -0.39 is 29.1 Å². The number of rotatable bonds is 5. The van der Waals surface area contributed by atoms with Crippen LogP contribution >= 0.6 is 11.8 Å². The van der Waals surface area contributed by atoms with Crippen LogP contribution in [0.4, 0.5) is 4.39 Å². The number of carbonyl (C=O) groups excluding carboxylic acids is 1. The van der Waals surface area contributed by atoms with Gasteiger partial charge < -0.3 is 14.9 Å². The molecule has 0 bridgehead atoms. The van der Waals surface area contributed by atoms with Crippen molar-refractivity contribution in [2.75, 3.05) is 12.0 Å². The number of allylic oxidation sites excluding steroid dienone is 1. The van der Waals surface area contributed by atoms with Crippen LogP contribution in [0.1, 0.15) is 57.7 Å². The second-order valence-electron chi connectivity index (χ2n) is 12.8. The molecular formula is C31H37FN2O5S. The van der Waals surface area contributed by atoms with E-state index >= 15 is 0 Å². The van der Waals surface area contributed by atoms with Crippen LogP contribution in [0.25, 0.3) is 11.8 Å². The quantitative estimate of drug-likeness (QED) is 0.482. The average Bonchev–Trinajstić information content (AvgIpc) is 3.39. The fraction of sp³-hybridized carbons (Fsp3) is 0.581. The summed E-state index contributed by atoms with van der Waals surface area (Å²) in [5.41, 5.74) is 1.30. The summed E-state index contributed by atoms with van der Waals surface area (Å²) >= 11 is 1.57. The molecule has 0 aliphatic heterocycles. The molecule has 4 aliphatic rings. The molecule has 3 saturated carbocycles. The Bertz CT molecular complexity index is 1390. The number of hydrogen-bond acceptors (Lipinski definition) is 6. The minimum Gasteiger partial charge on any atom is -0.478 e. The number of ether oxygens (including phenoxy) is 1. The van der Waals surface area contributed by atoms with Crippen LogP contribution < -0.4 is 0 Å². The smallest absolute Gasteiger partial charge is 0.349 e. The molecule has 0 radical (unpaired) electrons. The third-order valence-corrected chi connectivity index (χ3v) is 11.6. The summed E-state index contributed by atoms with van der Waals surface area (Å²) in [7, 11) is 0. The van der Waals surface area contributed by atoms with Crippen LogP contribution in [-0.4, -0.2) is 55.6 Å². The van der Waals surface area contributed by atoms with Gasteiger partial charge in [0, 0.05) is 24.0 Å². The number of aliphatic hydroxyl groups excluding tert-OH is 1. The lowest BCUT2D eigenvalue weighted by atomic mass is 9.45. The second-order valence-corrected chi connectivity index (χ2v) is 13.7. The topological polar surface area (TPSA) is 102 Å². The summed E-state index contributed by atoms with van der Waals surface area (Å²) < 4.78 is 21.3. The van der Waals surface area contributed by atoms with Gasteiger partial charge in [0.2, 0.25) is 5.60 Å². The number of thioether (sulfide) groups is 1. The van der Waals surface area contributed by atoms with Gasteiger partial charge in [-0.25, -0.2) is 13.9 Å². The lowest BCUT2D eigenvalue weighted by Gasteiger charge is -2.60. The highest BCUT2D eigenvalue weighted by atomic mass is 32.2. The van der Waals surface area contributed by atoms with Crippen LogP contribution in [0.15, 0.2) is 36.0 Å². The predicted molar refractivity (Wildman–Crippen MR) is 150 cm³/mol. The first-order valence-corrected chi connectivity index (χ1v) is 15.5. The van der Waals surface area contributed by atoms with Crippen LogP contribution in [0.3, 0.4) is 0 Å². The van der Waals surface area contributed by atoms with Crippen molar-refractivity contribution in [1.29, 1.82) is 0 Å². The maximum atomic E-state index is 13.6. The van der Waals surface area contributed by atoms with E-state index in [2.05, 4.69) is 18.1 Å². The van der Waals surface area contributed by atoms with Gasteiger partial charge in [0.25, 0.3) is 0 Å².